The topological polar surface area (TPSA) is 49.8 Å². The third kappa shape index (κ3) is 3.19. The maximum absolute atomic E-state index is 12.4. The summed E-state index contributed by atoms with van der Waals surface area (Å²) in [6.07, 6.45) is 6.73. The summed E-state index contributed by atoms with van der Waals surface area (Å²) in [5, 5.41) is 9.13. The zero-order valence-electron chi connectivity index (χ0n) is 10.4. The first-order chi connectivity index (χ1) is 8.33. The van der Waals surface area contributed by atoms with Gasteiger partial charge in [0.1, 0.15) is 0 Å². The molecule has 1 aliphatic carbocycles. The average Bonchev–Trinajstić information content (AvgIpc) is 2.90. The SMILES string of the molecule is O=C(C1CCOC1)N(CCO)C1CCCCC1. The van der Waals surface area contributed by atoms with Crippen molar-refractivity contribution in [3.05, 3.63) is 0 Å². The smallest absolute Gasteiger partial charge is 0.228 e. The fourth-order valence-electron chi connectivity index (χ4n) is 2.94. The molecule has 0 spiro atoms. The lowest BCUT2D eigenvalue weighted by atomic mass is 9.93. The van der Waals surface area contributed by atoms with Crippen molar-refractivity contribution in [1.82, 2.24) is 4.90 Å². The summed E-state index contributed by atoms with van der Waals surface area (Å²) in [6, 6.07) is 0.351. The average molecular weight is 241 g/mol. The van der Waals surface area contributed by atoms with Crippen LogP contribution in [0.4, 0.5) is 0 Å². The molecular weight excluding hydrogens is 218 g/mol. The van der Waals surface area contributed by atoms with Gasteiger partial charge in [-0.15, -0.1) is 0 Å². The maximum Gasteiger partial charge on any atom is 0.228 e. The second-order valence-electron chi connectivity index (χ2n) is 5.11. The van der Waals surface area contributed by atoms with Gasteiger partial charge in [-0.3, -0.25) is 4.79 Å². The van der Waals surface area contributed by atoms with Crippen LogP contribution in [0.5, 0.6) is 0 Å². The molecule has 0 aromatic rings. The number of hydrogen-bond acceptors (Lipinski definition) is 3. The van der Waals surface area contributed by atoms with Crippen molar-refractivity contribution >= 4 is 5.91 Å². The molecule has 98 valence electrons. The Morgan fingerprint density at radius 2 is 2.00 bits per heavy atom. The summed E-state index contributed by atoms with van der Waals surface area (Å²) in [5.41, 5.74) is 0. The first kappa shape index (κ1) is 12.8. The van der Waals surface area contributed by atoms with E-state index in [-0.39, 0.29) is 18.4 Å². The quantitative estimate of drug-likeness (QED) is 0.804. The molecule has 0 aromatic carbocycles. The molecule has 2 fully saturated rings. The van der Waals surface area contributed by atoms with E-state index in [1.54, 1.807) is 0 Å². The summed E-state index contributed by atoms with van der Waals surface area (Å²) in [4.78, 5) is 14.3. The van der Waals surface area contributed by atoms with Crippen LogP contribution in [0.3, 0.4) is 0 Å². The van der Waals surface area contributed by atoms with Crippen molar-refractivity contribution in [2.75, 3.05) is 26.4 Å². The monoisotopic (exact) mass is 241 g/mol. The minimum absolute atomic E-state index is 0.0310. The summed E-state index contributed by atoms with van der Waals surface area (Å²) < 4.78 is 5.28. The molecule has 1 aliphatic heterocycles. The number of aliphatic hydroxyl groups is 1. The van der Waals surface area contributed by atoms with E-state index in [1.807, 2.05) is 4.90 Å². The molecule has 1 amide bonds. The van der Waals surface area contributed by atoms with E-state index in [0.717, 1.165) is 19.3 Å². The molecule has 0 aromatic heterocycles. The summed E-state index contributed by atoms with van der Waals surface area (Å²) in [7, 11) is 0. The zero-order chi connectivity index (χ0) is 12.1. The summed E-state index contributed by atoms with van der Waals surface area (Å²) in [6.45, 7) is 1.82. The van der Waals surface area contributed by atoms with Crippen molar-refractivity contribution in [2.24, 2.45) is 5.92 Å². The number of carbonyl (C=O) groups excluding carboxylic acids is 1. The van der Waals surface area contributed by atoms with Crippen LogP contribution in [0, 0.1) is 5.92 Å². The van der Waals surface area contributed by atoms with Crippen LogP contribution in [0.15, 0.2) is 0 Å². The third-order valence-electron chi connectivity index (χ3n) is 3.92. The molecule has 0 bridgehead atoms. The van der Waals surface area contributed by atoms with Gasteiger partial charge in [-0.05, 0) is 19.3 Å². The Morgan fingerprint density at radius 1 is 1.24 bits per heavy atom. The number of hydrogen-bond donors (Lipinski definition) is 1. The fraction of sp³-hybridized carbons (Fsp3) is 0.923. The van der Waals surface area contributed by atoms with E-state index >= 15 is 0 Å². The Labute approximate surface area is 103 Å². The number of carbonyl (C=O) groups is 1. The van der Waals surface area contributed by atoms with Crippen molar-refractivity contribution in [2.45, 2.75) is 44.6 Å². The second kappa shape index (κ2) is 6.36. The number of rotatable bonds is 4. The van der Waals surface area contributed by atoms with Crippen LogP contribution >= 0.6 is 0 Å². The number of ether oxygens (including phenoxy) is 1. The molecule has 2 aliphatic rings. The lowest BCUT2D eigenvalue weighted by Gasteiger charge is -2.35. The Bertz CT molecular complexity index is 245. The van der Waals surface area contributed by atoms with Gasteiger partial charge in [-0.2, -0.15) is 0 Å². The number of aliphatic hydroxyl groups excluding tert-OH is 1. The van der Waals surface area contributed by atoms with E-state index in [9.17, 15) is 4.79 Å². The Hall–Kier alpha value is -0.610. The molecular formula is C13H23NO3. The van der Waals surface area contributed by atoms with Gasteiger partial charge >= 0.3 is 0 Å². The van der Waals surface area contributed by atoms with Crippen LogP contribution in [0.1, 0.15) is 38.5 Å². The van der Waals surface area contributed by atoms with E-state index in [1.165, 1.54) is 19.3 Å². The third-order valence-corrected chi connectivity index (χ3v) is 3.92. The van der Waals surface area contributed by atoms with Gasteiger partial charge in [0.25, 0.3) is 0 Å². The van der Waals surface area contributed by atoms with Gasteiger partial charge in [0.05, 0.1) is 19.1 Å². The molecule has 1 atom stereocenters. The van der Waals surface area contributed by atoms with Crippen LogP contribution in [-0.2, 0) is 9.53 Å². The van der Waals surface area contributed by atoms with Crippen LogP contribution in [0.25, 0.3) is 0 Å². The van der Waals surface area contributed by atoms with Crippen molar-refractivity contribution < 1.29 is 14.6 Å². The Kier molecular flexibility index (Phi) is 4.80. The standard InChI is InChI=1S/C13H23NO3/c15-8-7-14(12-4-2-1-3-5-12)13(16)11-6-9-17-10-11/h11-12,15H,1-10H2. The van der Waals surface area contributed by atoms with E-state index in [0.29, 0.717) is 25.8 Å². The van der Waals surface area contributed by atoms with Gasteiger partial charge in [-0.25, -0.2) is 0 Å². The van der Waals surface area contributed by atoms with Crippen LogP contribution in [0.2, 0.25) is 0 Å². The van der Waals surface area contributed by atoms with E-state index < -0.39 is 0 Å². The zero-order valence-corrected chi connectivity index (χ0v) is 10.4. The highest BCUT2D eigenvalue weighted by Gasteiger charge is 2.32. The molecule has 1 N–H and O–H groups in total. The first-order valence-electron chi connectivity index (χ1n) is 6.82. The summed E-state index contributed by atoms with van der Waals surface area (Å²) in [5.74, 6) is 0.229. The van der Waals surface area contributed by atoms with Gasteiger partial charge in [0, 0.05) is 19.2 Å². The van der Waals surface area contributed by atoms with Crippen molar-refractivity contribution in [3.63, 3.8) is 0 Å². The molecule has 0 radical (unpaired) electrons. The van der Waals surface area contributed by atoms with Gasteiger partial charge in [0.2, 0.25) is 5.91 Å². The highest BCUT2D eigenvalue weighted by molar-refractivity contribution is 5.79. The second-order valence-corrected chi connectivity index (χ2v) is 5.11. The van der Waals surface area contributed by atoms with E-state index in [2.05, 4.69) is 0 Å². The first-order valence-corrected chi connectivity index (χ1v) is 6.82. The molecule has 17 heavy (non-hydrogen) atoms. The molecule has 2 rings (SSSR count). The Balaban J connectivity index is 1.96. The number of nitrogens with zero attached hydrogens (tertiary/aromatic N) is 1. The molecule has 1 unspecified atom stereocenters. The largest absolute Gasteiger partial charge is 0.395 e. The minimum Gasteiger partial charge on any atom is -0.395 e. The molecule has 1 saturated heterocycles. The van der Waals surface area contributed by atoms with Gasteiger partial charge in [0.15, 0.2) is 0 Å². The minimum atomic E-state index is 0.0310. The molecule has 4 heteroatoms. The van der Waals surface area contributed by atoms with Crippen molar-refractivity contribution in [3.8, 4) is 0 Å². The maximum atomic E-state index is 12.4. The highest BCUT2D eigenvalue weighted by Crippen LogP contribution is 2.25. The fourth-order valence-corrected chi connectivity index (χ4v) is 2.94. The predicted octanol–water partition coefficient (Wildman–Crippen LogP) is 1.18. The molecule has 1 heterocycles. The highest BCUT2D eigenvalue weighted by atomic mass is 16.5. The van der Waals surface area contributed by atoms with Crippen LogP contribution < -0.4 is 0 Å². The Morgan fingerprint density at radius 3 is 2.59 bits per heavy atom. The predicted molar refractivity (Wildman–Crippen MR) is 64.6 cm³/mol. The number of amides is 1. The summed E-state index contributed by atoms with van der Waals surface area (Å²) >= 11 is 0. The van der Waals surface area contributed by atoms with Crippen LogP contribution in [-0.4, -0.2) is 48.3 Å². The van der Waals surface area contributed by atoms with Gasteiger partial charge in [-0.1, -0.05) is 19.3 Å². The molecule has 4 nitrogen and oxygen atoms in total. The molecule has 1 saturated carbocycles. The van der Waals surface area contributed by atoms with Gasteiger partial charge < -0.3 is 14.7 Å². The van der Waals surface area contributed by atoms with E-state index in [4.69, 9.17) is 9.84 Å². The lowest BCUT2D eigenvalue weighted by molar-refractivity contribution is -0.139. The lowest BCUT2D eigenvalue weighted by Crippen LogP contribution is -2.46. The normalized spacial score (nSPS) is 26.1. The van der Waals surface area contributed by atoms with Crippen molar-refractivity contribution in [1.29, 1.82) is 0 Å².